The first-order valence-electron chi connectivity index (χ1n) is 11.7. The minimum absolute atomic E-state index is 0.809. The number of allylic oxidation sites excluding steroid dienone is 7. The van der Waals surface area contributed by atoms with Gasteiger partial charge in [0.25, 0.3) is 0 Å². The molecule has 0 spiro atoms. The summed E-state index contributed by atoms with van der Waals surface area (Å²) in [4.78, 5) is 4.62. The molecule has 0 fully saturated rings. The molecule has 34 heavy (non-hydrogen) atoms. The molecular formula is C32H26N2. The Balaban J connectivity index is 1.69. The van der Waals surface area contributed by atoms with Gasteiger partial charge in [0.15, 0.2) is 0 Å². The molecule has 2 nitrogen and oxygen atoms in total. The Morgan fingerprint density at radius 3 is 2.26 bits per heavy atom. The molecule has 4 bridgehead atoms. The first kappa shape index (κ1) is 20.3. The molecule has 0 saturated carbocycles. The maximum atomic E-state index is 4.63. The summed E-state index contributed by atoms with van der Waals surface area (Å²) in [5, 5.41) is 0. The Morgan fingerprint density at radius 2 is 1.41 bits per heavy atom. The van der Waals surface area contributed by atoms with E-state index < -0.39 is 0 Å². The molecule has 0 N–H and O–H groups in total. The number of para-hydroxylation sites is 2. The van der Waals surface area contributed by atoms with Crippen LogP contribution in [0.25, 0.3) is 0 Å². The van der Waals surface area contributed by atoms with Crippen molar-refractivity contribution in [2.75, 3.05) is 9.80 Å². The van der Waals surface area contributed by atoms with Gasteiger partial charge in [0, 0.05) is 40.3 Å². The van der Waals surface area contributed by atoms with Crippen LogP contribution in [0.3, 0.4) is 0 Å². The van der Waals surface area contributed by atoms with Crippen molar-refractivity contribution in [3.8, 4) is 0 Å². The summed E-state index contributed by atoms with van der Waals surface area (Å²) in [7, 11) is 0. The third kappa shape index (κ3) is 3.27. The number of anilines is 4. The molecule has 0 saturated heterocycles. The van der Waals surface area contributed by atoms with E-state index in [1.54, 1.807) is 0 Å². The van der Waals surface area contributed by atoms with Crippen molar-refractivity contribution >= 4 is 22.7 Å². The van der Waals surface area contributed by atoms with Crippen LogP contribution < -0.4 is 9.80 Å². The first-order chi connectivity index (χ1) is 16.7. The summed E-state index contributed by atoms with van der Waals surface area (Å²) in [6, 6.07) is 25.7. The molecule has 0 radical (unpaired) electrons. The van der Waals surface area contributed by atoms with Crippen molar-refractivity contribution in [1.82, 2.24) is 0 Å². The zero-order valence-corrected chi connectivity index (χ0v) is 19.1. The predicted octanol–water partition coefficient (Wildman–Crippen LogP) is 8.08. The Kier molecular flexibility index (Phi) is 4.92. The predicted molar refractivity (Wildman–Crippen MR) is 144 cm³/mol. The maximum Gasteiger partial charge on any atom is 0.0518 e. The van der Waals surface area contributed by atoms with Crippen molar-refractivity contribution in [1.29, 1.82) is 0 Å². The van der Waals surface area contributed by atoms with Crippen LogP contribution in [0.1, 0.15) is 11.1 Å². The zero-order valence-electron chi connectivity index (χ0n) is 19.1. The smallest absolute Gasteiger partial charge is 0.0518 e. The summed E-state index contributed by atoms with van der Waals surface area (Å²) in [6.07, 6.45) is 14.7. The summed E-state index contributed by atoms with van der Waals surface area (Å²) in [5.41, 5.74) is 11.5. The van der Waals surface area contributed by atoms with Gasteiger partial charge in [-0.2, -0.15) is 0 Å². The fraction of sp³-hybridized carbons (Fsp3) is 0.0625. The van der Waals surface area contributed by atoms with Gasteiger partial charge in [0.05, 0.1) is 11.4 Å². The van der Waals surface area contributed by atoms with Crippen LogP contribution in [0.4, 0.5) is 22.7 Å². The van der Waals surface area contributed by atoms with Crippen molar-refractivity contribution in [3.63, 3.8) is 0 Å². The lowest BCUT2D eigenvalue weighted by Crippen LogP contribution is -2.20. The number of nitrogens with zero attached hydrogens (tertiary/aromatic N) is 2. The molecule has 0 unspecified atom stereocenters. The van der Waals surface area contributed by atoms with E-state index in [-0.39, 0.29) is 0 Å². The number of rotatable bonds is 1. The van der Waals surface area contributed by atoms with E-state index >= 15 is 0 Å². The van der Waals surface area contributed by atoms with Crippen LogP contribution in [-0.2, 0) is 12.8 Å². The van der Waals surface area contributed by atoms with Gasteiger partial charge in [0.1, 0.15) is 0 Å². The van der Waals surface area contributed by atoms with E-state index in [4.69, 9.17) is 0 Å². The van der Waals surface area contributed by atoms with Gasteiger partial charge < -0.3 is 9.80 Å². The lowest BCUT2D eigenvalue weighted by Gasteiger charge is -2.32. The van der Waals surface area contributed by atoms with Crippen LogP contribution in [-0.4, -0.2) is 0 Å². The van der Waals surface area contributed by atoms with Crippen molar-refractivity contribution < 1.29 is 0 Å². The Hall–Kier alpha value is -4.30. The van der Waals surface area contributed by atoms with E-state index in [2.05, 4.69) is 132 Å². The molecule has 3 aliphatic rings. The number of fused-ring (bicyclic) bond motifs is 7. The van der Waals surface area contributed by atoms with Gasteiger partial charge in [-0.1, -0.05) is 86.0 Å². The molecule has 164 valence electrons. The zero-order chi connectivity index (χ0) is 23.1. The molecule has 3 aliphatic heterocycles. The molecule has 3 aromatic carbocycles. The minimum atomic E-state index is 0.809. The molecule has 0 aromatic heterocycles. The standard InChI is InChI=1S/C32H26N2/c1-23-12-10-15-26-22-29-31(33(23)27-16-4-3-5-17-27)20-11-21-32(29)34-24(2)28(26)18-8-6-13-25-14-7-9-19-30(25)34/h3-12,14-21H,1-2,13,22H2/b8-6-,12-10-,26-15+,28-18+. The normalized spacial score (nSPS) is 21.6. The average Bonchev–Trinajstić information content (AvgIpc) is 2.89. The highest BCUT2D eigenvalue weighted by atomic mass is 15.2. The van der Waals surface area contributed by atoms with Gasteiger partial charge in [-0.05, 0) is 54.0 Å². The highest BCUT2D eigenvalue weighted by Gasteiger charge is 2.30. The second kappa shape index (κ2) is 8.24. The topological polar surface area (TPSA) is 6.48 Å². The summed E-state index contributed by atoms with van der Waals surface area (Å²) in [5.74, 6) is 0. The number of hydrogen-bond acceptors (Lipinski definition) is 2. The van der Waals surface area contributed by atoms with E-state index in [0.717, 1.165) is 35.6 Å². The highest BCUT2D eigenvalue weighted by Crippen LogP contribution is 2.47. The molecule has 3 heterocycles. The van der Waals surface area contributed by atoms with E-state index in [9.17, 15) is 0 Å². The monoisotopic (exact) mass is 438 g/mol. The quantitative estimate of drug-likeness (QED) is 0.379. The second-order valence-electron chi connectivity index (χ2n) is 8.79. The minimum Gasteiger partial charge on any atom is -0.311 e. The van der Waals surface area contributed by atoms with Gasteiger partial charge >= 0.3 is 0 Å². The van der Waals surface area contributed by atoms with Gasteiger partial charge in [0.2, 0.25) is 0 Å². The second-order valence-corrected chi connectivity index (χ2v) is 8.79. The van der Waals surface area contributed by atoms with Crippen molar-refractivity contribution in [3.05, 3.63) is 156 Å². The maximum absolute atomic E-state index is 4.63. The Morgan fingerprint density at radius 1 is 0.676 bits per heavy atom. The molecule has 0 aliphatic carbocycles. The van der Waals surface area contributed by atoms with Crippen molar-refractivity contribution in [2.24, 2.45) is 0 Å². The first-order valence-corrected chi connectivity index (χ1v) is 11.7. The van der Waals surface area contributed by atoms with Gasteiger partial charge in [-0.15, -0.1) is 0 Å². The number of benzene rings is 3. The van der Waals surface area contributed by atoms with Gasteiger partial charge in [-0.3, -0.25) is 0 Å². The molecule has 3 aromatic rings. The molecule has 2 heteroatoms. The number of hydrogen-bond donors (Lipinski definition) is 0. The molecule has 0 atom stereocenters. The Labute approximate surface area is 201 Å². The van der Waals surface area contributed by atoms with Crippen LogP contribution in [0.2, 0.25) is 0 Å². The molecule has 6 rings (SSSR count). The van der Waals surface area contributed by atoms with Crippen LogP contribution in [0.15, 0.2) is 145 Å². The van der Waals surface area contributed by atoms with Crippen molar-refractivity contribution in [2.45, 2.75) is 12.8 Å². The summed E-state index contributed by atoms with van der Waals surface area (Å²) >= 11 is 0. The van der Waals surface area contributed by atoms with E-state index in [0.29, 0.717) is 0 Å². The summed E-state index contributed by atoms with van der Waals surface area (Å²) < 4.78 is 0. The van der Waals surface area contributed by atoms with E-state index in [1.807, 2.05) is 0 Å². The van der Waals surface area contributed by atoms with Crippen LogP contribution in [0.5, 0.6) is 0 Å². The molecular weight excluding hydrogens is 412 g/mol. The van der Waals surface area contributed by atoms with Gasteiger partial charge in [-0.25, -0.2) is 0 Å². The SMILES string of the molecule is C=C1\C=C/C=C2\Cc3c(cccc3N3C(=C)\C2=C/C=C\Cc2ccccc23)N1c1ccccc1. The third-order valence-electron chi connectivity index (χ3n) is 6.76. The largest absolute Gasteiger partial charge is 0.311 e. The highest BCUT2D eigenvalue weighted by molar-refractivity contribution is 5.86. The summed E-state index contributed by atoms with van der Waals surface area (Å²) in [6.45, 7) is 9.06. The lowest BCUT2D eigenvalue weighted by molar-refractivity contribution is 1.13. The molecule has 0 amide bonds. The average molecular weight is 439 g/mol. The Bertz CT molecular complexity index is 1430. The third-order valence-corrected chi connectivity index (χ3v) is 6.76. The fourth-order valence-electron chi connectivity index (χ4n) is 5.17. The van der Waals surface area contributed by atoms with Crippen LogP contribution >= 0.6 is 0 Å². The van der Waals surface area contributed by atoms with Crippen LogP contribution in [0, 0.1) is 0 Å². The fourth-order valence-corrected chi connectivity index (χ4v) is 5.17. The lowest BCUT2D eigenvalue weighted by atomic mass is 9.95. The van der Waals surface area contributed by atoms with E-state index in [1.165, 1.54) is 33.6 Å².